The first kappa shape index (κ1) is 20.2. The summed E-state index contributed by atoms with van der Waals surface area (Å²) in [6.07, 6.45) is 0.995. The molecule has 1 aliphatic rings. The fraction of sp³-hybridized carbons (Fsp3) is 0.421. The summed E-state index contributed by atoms with van der Waals surface area (Å²) in [5, 5.41) is 2.89. The highest BCUT2D eigenvalue weighted by Crippen LogP contribution is 2.23. The smallest absolute Gasteiger partial charge is 0.251 e. The van der Waals surface area contributed by atoms with Crippen LogP contribution in [0.4, 0.5) is 5.69 Å². The van der Waals surface area contributed by atoms with Crippen molar-refractivity contribution >= 4 is 21.6 Å². The average molecular weight is 404 g/mol. The van der Waals surface area contributed by atoms with Crippen LogP contribution in [0.5, 0.6) is 0 Å². The van der Waals surface area contributed by atoms with E-state index in [-0.39, 0.29) is 23.1 Å². The van der Waals surface area contributed by atoms with E-state index in [9.17, 15) is 18.0 Å². The van der Waals surface area contributed by atoms with E-state index in [2.05, 4.69) is 15.3 Å². The van der Waals surface area contributed by atoms with Crippen molar-refractivity contribution < 1.29 is 13.2 Å². The number of benzene rings is 1. The number of hydrogen-bond acceptors (Lipinski definition) is 5. The predicted octanol–water partition coefficient (Wildman–Crippen LogP) is 1.75. The van der Waals surface area contributed by atoms with Crippen LogP contribution in [-0.4, -0.2) is 47.4 Å². The molecule has 1 aromatic carbocycles. The van der Waals surface area contributed by atoms with Crippen LogP contribution in [0.1, 0.15) is 25.5 Å². The average Bonchev–Trinajstić information content (AvgIpc) is 2.67. The van der Waals surface area contributed by atoms with Gasteiger partial charge in [-0.25, -0.2) is 17.7 Å². The number of nitrogens with zero attached hydrogens (tertiary/aromatic N) is 2. The third kappa shape index (κ3) is 4.66. The minimum absolute atomic E-state index is 0.0751. The molecule has 150 valence electrons. The fourth-order valence-electron chi connectivity index (χ4n) is 3.28. The van der Waals surface area contributed by atoms with Gasteiger partial charge < -0.3 is 10.3 Å². The zero-order valence-corrected chi connectivity index (χ0v) is 16.8. The standard InChI is InChI=1S/C19H24N4O4S/c1-3-28(26,27)23-9-7-14(8-10-23)19(25)21-16-6-4-5-15(12-16)18-20-13(2)11-17(24)22-18/h4-6,11-12,14H,3,7-10H2,1-2H3,(H,21,25)(H,20,22,24). The van der Waals surface area contributed by atoms with E-state index in [1.54, 1.807) is 32.0 Å². The van der Waals surface area contributed by atoms with Gasteiger partial charge in [0.15, 0.2) is 0 Å². The summed E-state index contributed by atoms with van der Waals surface area (Å²) in [4.78, 5) is 31.3. The Hall–Kier alpha value is -2.52. The van der Waals surface area contributed by atoms with Gasteiger partial charge in [0.2, 0.25) is 15.9 Å². The van der Waals surface area contributed by atoms with Crippen molar-refractivity contribution in [1.29, 1.82) is 0 Å². The molecule has 1 amide bonds. The van der Waals surface area contributed by atoms with Crippen LogP contribution < -0.4 is 10.9 Å². The summed E-state index contributed by atoms with van der Waals surface area (Å²) in [6.45, 7) is 4.10. The molecule has 8 nitrogen and oxygen atoms in total. The molecule has 0 unspecified atom stereocenters. The highest BCUT2D eigenvalue weighted by molar-refractivity contribution is 7.89. The maximum absolute atomic E-state index is 12.6. The normalized spacial score (nSPS) is 16.1. The molecule has 0 aliphatic carbocycles. The molecule has 28 heavy (non-hydrogen) atoms. The summed E-state index contributed by atoms with van der Waals surface area (Å²) in [5.41, 5.74) is 1.69. The van der Waals surface area contributed by atoms with Crippen molar-refractivity contribution in [1.82, 2.24) is 14.3 Å². The van der Waals surface area contributed by atoms with Crippen molar-refractivity contribution in [3.63, 3.8) is 0 Å². The Kier molecular flexibility index (Phi) is 5.95. The molecule has 0 saturated carbocycles. The van der Waals surface area contributed by atoms with Crippen molar-refractivity contribution in [2.75, 3.05) is 24.2 Å². The topological polar surface area (TPSA) is 112 Å². The number of piperidine rings is 1. The van der Waals surface area contributed by atoms with Gasteiger partial charge in [0.25, 0.3) is 5.56 Å². The van der Waals surface area contributed by atoms with Gasteiger partial charge in [-0.15, -0.1) is 0 Å². The Labute approximate surface area is 164 Å². The van der Waals surface area contributed by atoms with E-state index in [4.69, 9.17) is 0 Å². The molecular formula is C19H24N4O4S. The van der Waals surface area contributed by atoms with E-state index in [1.807, 2.05) is 6.07 Å². The predicted molar refractivity (Wildman–Crippen MR) is 107 cm³/mol. The number of aromatic nitrogens is 2. The maximum Gasteiger partial charge on any atom is 0.251 e. The molecule has 0 spiro atoms. The number of hydrogen-bond donors (Lipinski definition) is 2. The van der Waals surface area contributed by atoms with E-state index in [0.717, 1.165) is 0 Å². The number of aromatic amines is 1. The van der Waals surface area contributed by atoms with E-state index < -0.39 is 10.0 Å². The fourth-order valence-corrected chi connectivity index (χ4v) is 4.42. The molecule has 2 aromatic rings. The lowest BCUT2D eigenvalue weighted by Crippen LogP contribution is -2.42. The number of anilines is 1. The monoisotopic (exact) mass is 404 g/mol. The van der Waals surface area contributed by atoms with E-state index in [1.165, 1.54) is 10.4 Å². The highest BCUT2D eigenvalue weighted by Gasteiger charge is 2.30. The van der Waals surface area contributed by atoms with Gasteiger partial charge in [-0.1, -0.05) is 12.1 Å². The minimum Gasteiger partial charge on any atom is -0.326 e. The summed E-state index contributed by atoms with van der Waals surface area (Å²) in [6, 6.07) is 8.53. The molecule has 1 aromatic heterocycles. The van der Waals surface area contributed by atoms with Gasteiger partial charge >= 0.3 is 0 Å². The lowest BCUT2D eigenvalue weighted by Gasteiger charge is -2.30. The Morgan fingerprint density at radius 2 is 2.00 bits per heavy atom. The number of nitrogens with one attached hydrogen (secondary N) is 2. The molecule has 2 heterocycles. The molecule has 1 saturated heterocycles. The Morgan fingerprint density at radius 3 is 2.64 bits per heavy atom. The second-order valence-electron chi connectivity index (χ2n) is 6.88. The molecule has 2 N–H and O–H groups in total. The van der Waals surface area contributed by atoms with Gasteiger partial charge in [-0.05, 0) is 38.8 Å². The first-order chi connectivity index (χ1) is 13.3. The van der Waals surface area contributed by atoms with Crippen molar-refractivity contribution in [2.24, 2.45) is 5.92 Å². The number of rotatable bonds is 5. The number of amides is 1. The zero-order chi connectivity index (χ0) is 20.3. The minimum atomic E-state index is -3.21. The van der Waals surface area contributed by atoms with Crippen LogP contribution in [0.3, 0.4) is 0 Å². The molecule has 0 bridgehead atoms. The van der Waals surface area contributed by atoms with Gasteiger partial charge in [0, 0.05) is 42.0 Å². The summed E-state index contributed by atoms with van der Waals surface area (Å²) in [5.74, 6) is 0.158. The quantitative estimate of drug-likeness (QED) is 0.788. The number of H-pyrrole nitrogens is 1. The van der Waals surface area contributed by atoms with Crippen LogP contribution in [0, 0.1) is 12.8 Å². The summed E-state index contributed by atoms with van der Waals surface area (Å²) in [7, 11) is -3.21. The third-order valence-corrected chi connectivity index (χ3v) is 6.74. The Bertz CT molecular complexity index is 1020. The second kappa shape index (κ2) is 8.24. The van der Waals surface area contributed by atoms with Crippen molar-refractivity contribution in [2.45, 2.75) is 26.7 Å². The highest BCUT2D eigenvalue weighted by atomic mass is 32.2. The number of sulfonamides is 1. The molecule has 1 aliphatic heterocycles. The third-order valence-electron chi connectivity index (χ3n) is 4.86. The molecule has 3 rings (SSSR count). The number of carbonyl (C=O) groups excluding carboxylic acids is 1. The lowest BCUT2D eigenvalue weighted by molar-refractivity contribution is -0.120. The number of aryl methyl sites for hydroxylation is 1. The molecule has 0 atom stereocenters. The van der Waals surface area contributed by atoms with Gasteiger partial charge in [-0.3, -0.25) is 9.59 Å². The van der Waals surface area contributed by atoms with Crippen molar-refractivity contribution in [3.05, 3.63) is 46.4 Å². The first-order valence-corrected chi connectivity index (χ1v) is 10.9. The SMILES string of the molecule is CCS(=O)(=O)N1CCC(C(=O)Nc2cccc(-c3nc(C)cc(=O)[nH]3)c2)CC1. The van der Waals surface area contributed by atoms with Crippen LogP contribution >= 0.6 is 0 Å². The van der Waals surface area contributed by atoms with Crippen LogP contribution in [0.25, 0.3) is 11.4 Å². The van der Waals surface area contributed by atoms with Gasteiger partial charge in [0.05, 0.1) is 5.75 Å². The first-order valence-electron chi connectivity index (χ1n) is 9.25. The lowest BCUT2D eigenvalue weighted by atomic mass is 9.97. The van der Waals surface area contributed by atoms with Crippen LogP contribution in [0.2, 0.25) is 0 Å². The molecular weight excluding hydrogens is 380 g/mol. The number of carbonyl (C=O) groups is 1. The molecule has 0 radical (unpaired) electrons. The summed E-state index contributed by atoms with van der Waals surface area (Å²) >= 11 is 0. The Morgan fingerprint density at radius 1 is 1.29 bits per heavy atom. The second-order valence-corrected chi connectivity index (χ2v) is 9.14. The van der Waals surface area contributed by atoms with Crippen molar-refractivity contribution in [3.8, 4) is 11.4 Å². The Balaban J connectivity index is 1.68. The summed E-state index contributed by atoms with van der Waals surface area (Å²) < 4.78 is 25.3. The van der Waals surface area contributed by atoms with Crippen LogP contribution in [-0.2, 0) is 14.8 Å². The van der Waals surface area contributed by atoms with Crippen LogP contribution in [0.15, 0.2) is 35.1 Å². The van der Waals surface area contributed by atoms with Gasteiger partial charge in [-0.2, -0.15) is 0 Å². The maximum atomic E-state index is 12.6. The molecule has 9 heteroatoms. The molecule has 1 fully saturated rings. The van der Waals surface area contributed by atoms with E-state index in [0.29, 0.717) is 48.7 Å². The largest absolute Gasteiger partial charge is 0.326 e. The van der Waals surface area contributed by atoms with E-state index >= 15 is 0 Å². The zero-order valence-electron chi connectivity index (χ0n) is 15.9. The van der Waals surface area contributed by atoms with Gasteiger partial charge in [0.1, 0.15) is 5.82 Å².